The molecule has 0 heterocycles. The van der Waals surface area contributed by atoms with Crippen molar-refractivity contribution >= 4 is 100 Å². The molecule has 13 atom stereocenters. The number of amides is 16. The van der Waals surface area contributed by atoms with E-state index >= 15 is 0 Å². The summed E-state index contributed by atoms with van der Waals surface area (Å²) < 4.78 is 0. The number of carboxylic acids is 1. The summed E-state index contributed by atoms with van der Waals surface area (Å²) in [5, 5.41) is 45.6. The molecule has 0 aliphatic carbocycles. The summed E-state index contributed by atoms with van der Waals surface area (Å²) in [6, 6.07) is 8.28. The third-order valence-corrected chi connectivity index (χ3v) is 18.9. The molecule has 16 amide bonds. The third kappa shape index (κ3) is 39.0. The fourth-order valence-corrected chi connectivity index (χ4v) is 12.3. The number of unbranched alkanes of at least 4 members (excludes halogenated alkanes) is 3. The Balaban J connectivity index is 1.87. The molecule has 3 aromatic carbocycles. The zero-order chi connectivity index (χ0) is 88.0. The van der Waals surface area contributed by atoms with Crippen LogP contribution in [0.4, 0.5) is 0 Å². The number of carbonyl (C=O) groups is 17. The van der Waals surface area contributed by atoms with E-state index in [9.17, 15) is 86.6 Å². The zero-order valence-corrected chi connectivity index (χ0v) is 68.4. The number of hydrogen-bond acceptors (Lipinski definition) is 21. The lowest BCUT2D eigenvalue weighted by Gasteiger charge is -2.29. The maximum Gasteiger partial charge on any atom is 0.326 e. The zero-order valence-electron chi connectivity index (χ0n) is 68.4. The Morgan fingerprint density at radius 2 is 0.636 bits per heavy atom. The summed E-state index contributed by atoms with van der Waals surface area (Å²) in [5.41, 5.74) is 35.2. The first-order valence-electron chi connectivity index (χ1n) is 39.9. The van der Waals surface area contributed by atoms with Crippen LogP contribution < -0.4 is 109 Å². The van der Waals surface area contributed by atoms with Crippen LogP contribution in [0, 0.1) is 17.8 Å². The number of benzene rings is 3. The van der Waals surface area contributed by atoms with E-state index in [4.69, 9.17) is 34.4 Å². The second-order valence-electron chi connectivity index (χ2n) is 29.9. The van der Waals surface area contributed by atoms with Crippen molar-refractivity contribution < 1.29 is 86.6 Å². The molecular weight excluding hydrogens is 1530 g/mol. The molecule has 0 aromatic heterocycles. The van der Waals surface area contributed by atoms with Gasteiger partial charge in [-0.1, -0.05) is 139 Å². The van der Waals surface area contributed by atoms with Gasteiger partial charge in [0.2, 0.25) is 94.5 Å². The van der Waals surface area contributed by atoms with Gasteiger partial charge in [0, 0.05) is 19.3 Å². The second kappa shape index (κ2) is 54.4. The van der Waals surface area contributed by atoms with E-state index in [0.717, 1.165) is 0 Å². The molecule has 0 unspecified atom stereocenters. The number of rotatable bonds is 57. The molecule has 118 heavy (non-hydrogen) atoms. The topological polar surface area (TPSA) is 635 Å². The highest BCUT2D eigenvalue weighted by Gasteiger charge is 2.38. The Bertz CT molecular complexity index is 3790. The molecule has 0 spiro atoms. The van der Waals surface area contributed by atoms with Crippen molar-refractivity contribution in [2.45, 2.75) is 230 Å². The maximum absolute atomic E-state index is 14.7. The van der Waals surface area contributed by atoms with Crippen molar-refractivity contribution in [1.29, 1.82) is 0 Å². The Labute approximate surface area is 687 Å². The highest BCUT2D eigenvalue weighted by atomic mass is 16.4. The average Bonchev–Trinajstić information content (AvgIpc) is 0.847. The summed E-state index contributed by atoms with van der Waals surface area (Å²) in [6.07, 6.45) is 0.981. The van der Waals surface area contributed by atoms with E-state index in [0.29, 0.717) is 61.8 Å². The van der Waals surface area contributed by atoms with Gasteiger partial charge in [0.15, 0.2) is 0 Å². The summed E-state index contributed by atoms with van der Waals surface area (Å²) in [5.74, 6) is -16.9. The smallest absolute Gasteiger partial charge is 0.326 e. The lowest BCUT2D eigenvalue weighted by Crippen LogP contribution is -2.61. The molecule has 27 N–H and O–H groups in total. The minimum Gasteiger partial charge on any atom is -0.480 e. The van der Waals surface area contributed by atoms with Crippen molar-refractivity contribution in [2.75, 3.05) is 39.3 Å². The highest BCUT2D eigenvalue weighted by molar-refractivity contribution is 6.01. The molecule has 0 bridgehead atoms. The minimum absolute atomic E-state index is 0.0259. The van der Waals surface area contributed by atoms with Crippen LogP contribution in [0.2, 0.25) is 0 Å². The van der Waals surface area contributed by atoms with Gasteiger partial charge in [-0.15, -0.1) is 0 Å². The summed E-state index contributed by atoms with van der Waals surface area (Å²) in [7, 11) is 0. The third-order valence-electron chi connectivity index (χ3n) is 18.9. The van der Waals surface area contributed by atoms with Gasteiger partial charge in [0.25, 0.3) is 0 Å². The van der Waals surface area contributed by atoms with Gasteiger partial charge >= 0.3 is 5.97 Å². The highest BCUT2D eigenvalue weighted by Crippen LogP contribution is 2.16. The first kappa shape index (κ1) is 101. The van der Waals surface area contributed by atoms with E-state index in [1.165, 1.54) is 6.92 Å². The Morgan fingerprint density at radius 3 is 1.04 bits per heavy atom. The summed E-state index contributed by atoms with van der Waals surface area (Å²) in [6.45, 7) is 10.4. The molecule has 0 saturated carbocycles. The number of nitrogens with one attached hydrogen (secondary N) is 14. The van der Waals surface area contributed by atoms with Gasteiger partial charge < -0.3 is 114 Å². The van der Waals surface area contributed by atoms with Crippen LogP contribution in [0.15, 0.2) is 91.0 Å². The van der Waals surface area contributed by atoms with Crippen LogP contribution in [0.1, 0.15) is 155 Å². The number of aliphatic carboxylic acids is 1. The molecule has 0 saturated heterocycles. The van der Waals surface area contributed by atoms with Crippen LogP contribution >= 0.6 is 0 Å². The fourth-order valence-electron chi connectivity index (χ4n) is 12.3. The van der Waals surface area contributed by atoms with Gasteiger partial charge in [0.05, 0.1) is 32.5 Å². The maximum atomic E-state index is 14.7. The Kier molecular flexibility index (Phi) is 46.4. The van der Waals surface area contributed by atoms with Gasteiger partial charge in [0.1, 0.15) is 72.5 Å². The van der Waals surface area contributed by atoms with Crippen molar-refractivity contribution in [3.05, 3.63) is 108 Å². The van der Waals surface area contributed by atoms with Gasteiger partial charge in [-0.25, -0.2) is 4.79 Å². The van der Waals surface area contributed by atoms with Crippen LogP contribution in [0.3, 0.4) is 0 Å². The normalized spacial score (nSPS) is 14.4. The Hall–Kier alpha value is -11.5. The number of hydrogen-bond donors (Lipinski definition) is 21. The van der Waals surface area contributed by atoms with Gasteiger partial charge in [-0.3, -0.25) is 76.7 Å². The van der Waals surface area contributed by atoms with Crippen molar-refractivity contribution in [3.8, 4) is 0 Å². The lowest BCUT2D eigenvalue weighted by atomic mass is 9.96. The number of carbonyl (C=O) groups excluding carboxylic acids is 16. The van der Waals surface area contributed by atoms with Crippen LogP contribution in [0.5, 0.6) is 0 Å². The molecule has 38 nitrogen and oxygen atoms in total. The van der Waals surface area contributed by atoms with Gasteiger partial charge in [-0.05, 0) is 132 Å². The van der Waals surface area contributed by atoms with Gasteiger partial charge in [-0.2, -0.15) is 0 Å². The number of nitrogens with two attached hydrogens (primary N) is 6. The Morgan fingerprint density at radius 1 is 0.331 bits per heavy atom. The standard InChI is InChI=1S/C80H124N20O18/c1-8-48(6)68(100-78(115)61(41-63(85)101)91-65(103)43-84)79(116)99-59(39-51-26-14-10-15-27-51)73(110)89-49(7)69(106)95-62(42-64(86)102)77(114)96-57(37-47(4)5)75(112)98-60(40-52-28-16-11-17-29-52)76(113)93-53(30-18-21-33-81)70(107)87-45-67(105)92-56(36-46(2)3)74(111)97-58(38-50-24-12-9-13-25-50)71(108)88-44-66(104)90-54(31-19-22-34-82)72(109)94-55(80(117)118)32-20-23-35-83/h9-17,24-29,46-49,53-62,68H,8,18-23,30-45,81-84H2,1-7H3,(H2,85,101)(H2,86,102)(H,87,107)(H,88,108)(H,89,110)(H,90,104)(H,91,103)(H,92,105)(H,93,113)(H,94,109)(H,95,106)(H,96,114)(H,97,111)(H,98,112)(H,99,116)(H,100,115)(H,117,118)/t48-,49-,53-,54-,55-,56-,57-,58-,59-,60-,61-,62-,68-/m0/s1. The first-order valence-corrected chi connectivity index (χ1v) is 39.9. The molecule has 3 rings (SSSR count). The van der Waals surface area contributed by atoms with E-state index in [1.54, 1.807) is 133 Å². The number of carboxylic acid groups (broad SMARTS) is 1. The molecule has 0 fully saturated rings. The number of primary amides is 2. The van der Waals surface area contributed by atoms with Crippen LogP contribution in [0.25, 0.3) is 0 Å². The van der Waals surface area contributed by atoms with E-state index in [1.807, 2.05) is 0 Å². The molecule has 0 radical (unpaired) electrons. The predicted molar refractivity (Wildman–Crippen MR) is 437 cm³/mol. The van der Waals surface area contributed by atoms with Crippen molar-refractivity contribution in [1.82, 2.24) is 74.4 Å². The fraction of sp³-hybridized carbons (Fsp3) is 0.562. The SMILES string of the molecule is CC[C@H](C)[C@H](NC(=O)[C@H](CC(N)=O)NC(=O)CN)C(=O)N[C@@H](Cc1ccccc1)C(=O)N[C@@H](C)C(=O)N[C@@H](CC(N)=O)C(=O)N[C@@H](CC(C)C)C(=O)N[C@@H](Cc1ccccc1)C(=O)N[C@@H](CCCCN)C(=O)NCC(=O)N[C@@H](CC(C)C)C(=O)N[C@@H](Cc1ccccc1)C(=O)NCC(=O)N[C@@H](CCCCN)C(=O)N[C@@H](CCCCN)C(=O)O. The van der Waals surface area contributed by atoms with Crippen molar-refractivity contribution in [2.24, 2.45) is 52.2 Å². The van der Waals surface area contributed by atoms with E-state index in [2.05, 4.69) is 74.4 Å². The minimum atomic E-state index is -1.79. The first-order chi connectivity index (χ1) is 56.0. The molecule has 652 valence electrons. The van der Waals surface area contributed by atoms with Crippen LogP contribution in [-0.4, -0.2) is 217 Å². The molecule has 38 heteroatoms. The molecule has 3 aromatic rings. The predicted octanol–water partition coefficient (Wildman–Crippen LogP) is -3.90. The monoisotopic (exact) mass is 1650 g/mol. The summed E-state index contributed by atoms with van der Waals surface area (Å²) >= 11 is 0. The summed E-state index contributed by atoms with van der Waals surface area (Å²) in [4.78, 5) is 232. The molecular formula is C80H124N20O18. The quantitative estimate of drug-likeness (QED) is 0.0240. The van der Waals surface area contributed by atoms with E-state index in [-0.39, 0.29) is 82.7 Å². The molecule has 0 aliphatic heterocycles. The van der Waals surface area contributed by atoms with Crippen LogP contribution in [-0.2, 0) is 101 Å². The van der Waals surface area contributed by atoms with Crippen molar-refractivity contribution in [3.63, 3.8) is 0 Å². The average molecular weight is 1650 g/mol. The van der Waals surface area contributed by atoms with E-state index < -0.39 is 211 Å². The second-order valence-corrected chi connectivity index (χ2v) is 29.9. The molecule has 0 aliphatic rings. The largest absolute Gasteiger partial charge is 0.480 e. The lowest BCUT2D eigenvalue weighted by molar-refractivity contribution is -0.142.